The maximum atomic E-state index is 11.7. The van der Waals surface area contributed by atoms with E-state index >= 15 is 0 Å². The molecule has 108 valence electrons. The molecule has 5 heteroatoms. The van der Waals surface area contributed by atoms with Gasteiger partial charge < -0.3 is 5.32 Å². The molecule has 0 aliphatic rings. The lowest BCUT2D eigenvalue weighted by Gasteiger charge is -2.15. The van der Waals surface area contributed by atoms with Crippen LogP contribution in [0.5, 0.6) is 0 Å². The lowest BCUT2D eigenvalue weighted by molar-refractivity contribution is 0.571. The number of hydrogen-bond donors (Lipinski definition) is 2. The van der Waals surface area contributed by atoms with Crippen LogP contribution >= 0.6 is 0 Å². The van der Waals surface area contributed by atoms with Gasteiger partial charge in [-0.05, 0) is 44.0 Å². The lowest BCUT2D eigenvalue weighted by Crippen LogP contribution is -2.20. The minimum atomic E-state index is -3.21. The Morgan fingerprint density at radius 2 is 1.95 bits per heavy atom. The molecule has 19 heavy (non-hydrogen) atoms. The zero-order valence-electron chi connectivity index (χ0n) is 11.9. The summed E-state index contributed by atoms with van der Waals surface area (Å²) in [5.74, 6) is 0.154. The molecule has 0 saturated carbocycles. The van der Waals surface area contributed by atoms with Crippen molar-refractivity contribution in [2.75, 3.05) is 17.0 Å². The molecule has 0 amide bonds. The summed E-state index contributed by atoms with van der Waals surface area (Å²) in [7, 11) is -3.21. The third kappa shape index (κ3) is 5.61. The van der Waals surface area contributed by atoms with Crippen molar-refractivity contribution in [3.05, 3.63) is 29.8 Å². The van der Waals surface area contributed by atoms with Gasteiger partial charge in [-0.2, -0.15) is 0 Å². The van der Waals surface area contributed by atoms with E-state index in [0.29, 0.717) is 12.1 Å². The Hall–Kier alpha value is -1.07. The van der Waals surface area contributed by atoms with Gasteiger partial charge in [0.1, 0.15) is 0 Å². The molecule has 1 aromatic rings. The van der Waals surface area contributed by atoms with Crippen LogP contribution in [-0.2, 0) is 10.0 Å². The summed E-state index contributed by atoms with van der Waals surface area (Å²) in [6, 6.07) is 7.77. The number of anilines is 1. The number of sulfonamides is 1. The van der Waals surface area contributed by atoms with Gasteiger partial charge in [-0.3, -0.25) is 4.72 Å². The largest absolute Gasteiger partial charge is 0.310 e. The Kier molecular flexibility index (Phi) is 6.31. The van der Waals surface area contributed by atoms with Crippen molar-refractivity contribution in [2.24, 2.45) is 0 Å². The minimum Gasteiger partial charge on any atom is -0.310 e. The summed E-state index contributed by atoms with van der Waals surface area (Å²) in [6.45, 7) is 7.00. The van der Waals surface area contributed by atoms with Gasteiger partial charge in [0.15, 0.2) is 0 Å². The van der Waals surface area contributed by atoms with Crippen LogP contribution in [0.1, 0.15) is 45.2 Å². The lowest BCUT2D eigenvalue weighted by atomic mass is 10.1. The van der Waals surface area contributed by atoms with Crippen LogP contribution in [0.2, 0.25) is 0 Å². The molecule has 0 aliphatic heterocycles. The Morgan fingerprint density at radius 3 is 2.58 bits per heavy atom. The Labute approximate surface area is 116 Å². The van der Waals surface area contributed by atoms with E-state index in [1.807, 2.05) is 25.1 Å². The molecule has 1 aromatic carbocycles. The standard InChI is InChI=1S/C14H24N2O2S/c1-4-9-15-12(3)13-7-6-8-14(11-13)16-19(17,18)10-5-2/h6-8,11-12,15-16H,4-5,9-10H2,1-3H3. The van der Waals surface area contributed by atoms with Gasteiger partial charge in [-0.15, -0.1) is 0 Å². The Morgan fingerprint density at radius 1 is 1.21 bits per heavy atom. The molecule has 0 bridgehead atoms. The van der Waals surface area contributed by atoms with Crippen LogP contribution in [0.4, 0.5) is 5.69 Å². The molecule has 0 spiro atoms. The number of benzene rings is 1. The van der Waals surface area contributed by atoms with Crippen molar-refractivity contribution in [1.82, 2.24) is 5.32 Å². The molecule has 0 aliphatic carbocycles. The molecule has 0 saturated heterocycles. The van der Waals surface area contributed by atoms with Crippen molar-refractivity contribution >= 4 is 15.7 Å². The molecule has 1 unspecified atom stereocenters. The first kappa shape index (κ1) is 16.0. The van der Waals surface area contributed by atoms with Crippen molar-refractivity contribution in [2.45, 2.75) is 39.7 Å². The predicted octanol–water partition coefficient (Wildman–Crippen LogP) is 2.90. The van der Waals surface area contributed by atoms with Gasteiger partial charge in [-0.25, -0.2) is 8.42 Å². The molecular weight excluding hydrogens is 260 g/mol. The first-order valence-corrected chi connectivity index (χ1v) is 8.47. The van der Waals surface area contributed by atoms with Crippen molar-refractivity contribution in [3.8, 4) is 0 Å². The van der Waals surface area contributed by atoms with Crippen LogP contribution in [0, 0.1) is 0 Å². The quantitative estimate of drug-likeness (QED) is 0.771. The molecular formula is C14H24N2O2S. The first-order chi connectivity index (χ1) is 8.98. The van der Waals surface area contributed by atoms with Crippen LogP contribution < -0.4 is 10.0 Å². The van der Waals surface area contributed by atoms with E-state index in [2.05, 4.69) is 23.9 Å². The van der Waals surface area contributed by atoms with E-state index in [4.69, 9.17) is 0 Å². The van der Waals surface area contributed by atoms with Gasteiger partial charge in [0.05, 0.1) is 5.75 Å². The molecule has 0 radical (unpaired) electrons. The average molecular weight is 284 g/mol. The summed E-state index contributed by atoms with van der Waals surface area (Å²) in [5, 5.41) is 3.39. The fourth-order valence-electron chi connectivity index (χ4n) is 1.85. The van der Waals surface area contributed by atoms with Gasteiger partial charge in [-0.1, -0.05) is 26.0 Å². The predicted molar refractivity (Wildman–Crippen MR) is 80.9 cm³/mol. The topological polar surface area (TPSA) is 58.2 Å². The third-order valence-electron chi connectivity index (χ3n) is 2.83. The van der Waals surface area contributed by atoms with E-state index in [1.54, 1.807) is 6.07 Å². The van der Waals surface area contributed by atoms with Crippen LogP contribution in [0.25, 0.3) is 0 Å². The minimum absolute atomic E-state index is 0.154. The average Bonchev–Trinajstić information content (AvgIpc) is 2.35. The van der Waals surface area contributed by atoms with Gasteiger partial charge in [0.25, 0.3) is 0 Å². The second kappa shape index (κ2) is 7.50. The maximum Gasteiger partial charge on any atom is 0.232 e. The van der Waals surface area contributed by atoms with E-state index in [1.165, 1.54) is 0 Å². The van der Waals surface area contributed by atoms with E-state index in [0.717, 1.165) is 18.5 Å². The summed E-state index contributed by atoms with van der Waals surface area (Å²) in [5.41, 5.74) is 1.72. The first-order valence-electron chi connectivity index (χ1n) is 6.82. The second-order valence-corrected chi connectivity index (χ2v) is 6.56. The molecule has 2 N–H and O–H groups in total. The number of hydrogen-bond acceptors (Lipinski definition) is 3. The van der Waals surface area contributed by atoms with Gasteiger partial charge >= 0.3 is 0 Å². The second-order valence-electron chi connectivity index (χ2n) is 4.72. The normalized spacial score (nSPS) is 13.2. The van der Waals surface area contributed by atoms with Crippen LogP contribution in [0.15, 0.2) is 24.3 Å². The van der Waals surface area contributed by atoms with E-state index in [9.17, 15) is 8.42 Å². The SMILES string of the molecule is CCCNC(C)c1cccc(NS(=O)(=O)CCC)c1. The summed E-state index contributed by atoms with van der Waals surface area (Å²) in [6.07, 6.45) is 1.69. The maximum absolute atomic E-state index is 11.7. The smallest absolute Gasteiger partial charge is 0.232 e. The summed E-state index contributed by atoms with van der Waals surface area (Å²) in [4.78, 5) is 0. The number of rotatable bonds is 8. The fourth-order valence-corrected chi connectivity index (χ4v) is 2.98. The van der Waals surface area contributed by atoms with Gasteiger partial charge in [0.2, 0.25) is 10.0 Å². The molecule has 0 aromatic heterocycles. The highest BCUT2D eigenvalue weighted by Gasteiger charge is 2.10. The van der Waals surface area contributed by atoms with Crippen LogP contribution in [-0.4, -0.2) is 20.7 Å². The van der Waals surface area contributed by atoms with Gasteiger partial charge in [0, 0.05) is 11.7 Å². The number of nitrogens with one attached hydrogen (secondary N) is 2. The summed E-state index contributed by atoms with van der Waals surface area (Å²) >= 11 is 0. The molecule has 0 fully saturated rings. The highest BCUT2D eigenvalue weighted by Crippen LogP contribution is 2.18. The highest BCUT2D eigenvalue weighted by molar-refractivity contribution is 7.92. The summed E-state index contributed by atoms with van der Waals surface area (Å²) < 4.78 is 26.1. The third-order valence-corrected chi connectivity index (χ3v) is 4.33. The zero-order valence-corrected chi connectivity index (χ0v) is 12.8. The Bertz CT molecular complexity index is 486. The fraction of sp³-hybridized carbons (Fsp3) is 0.571. The van der Waals surface area contributed by atoms with E-state index in [-0.39, 0.29) is 11.8 Å². The molecule has 1 rings (SSSR count). The van der Waals surface area contributed by atoms with Crippen molar-refractivity contribution in [1.29, 1.82) is 0 Å². The molecule has 1 atom stereocenters. The monoisotopic (exact) mass is 284 g/mol. The Balaban J connectivity index is 2.77. The molecule has 0 heterocycles. The highest BCUT2D eigenvalue weighted by atomic mass is 32.2. The zero-order chi connectivity index (χ0) is 14.3. The van der Waals surface area contributed by atoms with Crippen LogP contribution in [0.3, 0.4) is 0 Å². The van der Waals surface area contributed by atoms with E-state index < -0.39 is 10.0 Å². The van der Waals surface area contributed by atoms with Crippen molar-refractivity contribution < 1.29 is 8.42 Å². The van der Waals surface area contributed by atoms with Crippen molar-refractivity contribution in [3.63, 3.8) is 0 Å². The molecule has 4 nitrogen and oxygen atoms in total.